The fourth-order valence-corrected chi connectivity index (χ4v) is 0.887. The van der Waals surface area contributed by atoms with Crippen molar-refractivity contribution in [1.29, 1.82) is 0 Å². The van der Waals surface area contributed by atoms with Crippen LogP contribution in [-0.2, 0) is 9.53 Å². The highest BCUT2D eigenvalue weighted by atomic mass is 19.3. The molecule has 0 fully saturated rings. The highest BCUT2D eigenvalue weighted by Crippen LogP contribution is 2.23. The van der Waals surface area contributed by atoms with Crippen LogP contribution >= 0.6 is 0 Å². The molecule has 96 valence electrons. The van der Waals surface area contributed by atoms with Crippen molar-refractivity contribution >= 4 is 5.97 Å². The molecule has 0 bridgehead atoms. The molecule has 0 aliphatic rings. The third-order valence-electron chi connectivity index (χ3n) is 1.74. The van der Waals surface area contributed by atoms with Gasteiger partial charge in [0.1, 0.15) is 11.7 Å². The van der Waals surface area contributed by atoms with Crippen LogP contribution in [0, 0.1) is 0 Å². The summed E-state index contributed by atoms with van der Waals surface area (Å²) in [7, 11) is 0. The number of aliphatic hydroxyl groups is 1. The van der Waals surface area contributed by atoms with Crippen molar-refractivity contribution in [3.63, 3.8) is 0 Å². The Morgan fingerprint density at radius 3 is 2.19 bits per heavy atom. The van der Waals surface area contributed by atoms with Gasteiger partial charge in [-0.25, -0.2) is 8.78 Å². The van der Waals surface area contributed by atoms with Crippen LogP contribution in [0.15, 0.2) is 0 Å². The maximum absolute atomic E-state index is 13.3. The molecule has 2 atom stereocenters. The van der Waals surface area contributed by atoms with E-state index in [1.165, 1.54) is 20.8 Å². The highest BCUT2D eigenvalue weighted by Gasteiger charge is 2.49. The largest absolute Gasteiger partial charge is 0.459 e. The van der Waals surface area contributed by atoms with Gasteiger partial charge in [0.2, 0.25) is 0 Å². The lowest BCUT2D eigenvalue weighted by atomic mass is 10.0. The van der Waals surface area contributed by atoms with Crippen molar-refractivity contribution in [2.75, 3.05) is 6.54 Å². The third-order valence-corrected chi connectivity index (χ3v) is 1.74. The van der Waals surface area contributed by atoms with Crippen LogP contribution in [0.2, 0.25) is 0 Å². The molecule has 0 aliphatic heterocycles. The van der Waals surface area contributed by atoms with E-state index in [1.54, 1.807) is 0 Å². The lowest BCUT2D eigenvalue weighted by molar-refractivity contribution is -0.176. The van der Waals surface area contributed by atoms with Crippen LogP contribution in [-0.4, -0.2) is 41.3 Å². The molecule has 0 amide bonds. The van der Waals surface area contributed by atoms with Crippen LogP contribution in [0.4, 0.5) is 8.78 Å². The molecule has 0 radical (unpaired) electrons. The second kappa shape index (κ2) is 5.03. The average molecular weight is 240 g/mol. The summed E-state index contributed by atoms with van der Waals surface area (Å²) in [4.78, 5) is 11.2. The quantitative estimate of drug-likeness (QED) is 0.581. The van der Waals surface area contributed by atoms with Crippen LogP contribution < -0.4 is 11.5 Å². The Labute approximate surface area is 92.7 Å². The number of rotatable bonds is 4. The van der Waals surface area contributed by atoms with Crippen molar-refractivity contribution in [2.24, 2.45) is 11.5 Å². The zero-order valence-corrected chi connectivity index (χ0v) is 9.54. The van der Waals surface area contributed by atoms with Gasteiger partial charge in [-0.15, -0.1) is 0 Å². The van der Waals surface area contributed by atoms with Gasteiger partial charge in [0, 0.05) is 6.54 Å². The van der Waals surface area contributed by atoms with Crippen LogP contribution in [0.25, 0.3) is 0 Å². The van der Waals surface area contributed by atoms with E-state index >= 15 is 0 Å². The summed E-state index contributed by atoms with van der Waals surface area (Å²) in [5.74, 6) is -5.08. The zero-order valence-electron chi connectivity index (χ0n) is 9.54. The fraction of sp³-hybridized carbons (Fsp3) is 0.889. The maximum Gasteiger partial charge on any atom is 0.329 e. The summed E-state index contributed by atoms with van der Waals surface area (Å²) in [6.07, 6.45) is -2.17. The molecule has 0 saturated heterocycles. The zero-order chi connectivity index (χ0) is 13.1. The molecule has 0 heterocycles. The maximum atomic E-state index is 13.3. The van der Waals surface area contributed by atoms with Gasteiger partial charge in [-0.2, -0.15) is 0 Å². The monoisotopic (exact) mass is 240 g/mol. The molecule has 0 rings (SSSR count). The van der Waals surface area contributed by atoms with Gasteiger partial charge in [0.25, 0.3) is 5.92 Å². The van der Waals surface area contributed by atoms with E-state index in [9.17, 15) is 13.6 Å². The number of halogens is 2. The first-order valence-corrected chi connectivity index (χ1v) is 4.76. The molecule has 5 N–H and O–H groups in total. The van der Waals surface area contributed by atoms with Gasteiger partial charge in [-0.3, -0.25) is 4.79 Å². The SMILES string of the molecule is CC(C)(C)OC(=O)C(N)C(F)(F)C(O)CN. The minimum atomic E-state index is -3.81. The van der Waals surface area contributed by atoms with Crippen molar-refractivity contribution in [3.05, 3.63) is 0 Å². The van der Waals surface area contributed by atoms with Crippen LogP contribution in [0.1, 0.15) is 20.8 Å². The molecule has 7 heteroatoms. The summed E-state index contributed by atoms with van der Waals surface area (Å²) in [6, 6.07) is -2.23. The summed E-state index contributed by atoms with van der Waals surface area (Å²) >= 11 is 0. The van der Waals surface area contributed by atoms with Gasteiger partial charge >= 0.3 is 5.97 Å². The van der Waals surface area contributed by atoms with Gasteiger partial charge in [-0.05, 0) is 20.8 Å². The van der Waals surface area contributed by atoms with E-state index < -0.39 is 36.2 Å². The minimum Gasteiger partial charge on any atom is -0.459 e. The Hall–Kier alpha value is -0.790. The number of carbonyl (C=O) groups is 1. The summed E-state index contributed by atoms with van der Waals surface area (Å²) in [5, 5.41) is 8.94. The van der Waals surface area contributed by atoms with E-state index in [2.05, 4.69) is 4.74 Å². The first-order valence-electron chi connectivity index (χ1n) is 4.76. The van der Waals surface area contributed by atoms with Gasteiger partial charge in [0.15, 0.2) is 6.04 Å². The van der Waals surface area contributed by atoms with E-state index in [-0.39, 0.29) is 0 Å². The number of carbonyl (C=O) groups excluding carboxylic acids is 1. The molecule has 0 aromatic carbocycles. The molecular weight excluding hydrogens is 222 g/mol. The second-order valence-corrected chi connectivity index (χ2v) is 4.44. The Kier molecular flexibility index (Phi) is 4.78. The van der Waals surface area contributed by atoms with Gasteiger partial charge in [0.05, 0.1) is 0 Å². The first-order chi connectivity index (χ1) is 7.02. The standard InChI is InChI=1S/C9H18F2N2O3/c1-8(2,3)16-7(15)6(13)9(10,11)5(14)4-12/h5-6,14H,4,12-13H2,1-3H3. The Morgan fingerprint density at radius 1 is 1.44 bits per heavy atom. The van der Waals surface area contributed by atoms with Gasteiger partial charge < -0.3 is 21.3 Å². The van der Waals surface area contributed by atoms with E-state index in [0.29, 0.717) is 0 Å². The lowest BCUT2D eigenvalue weighted by Gasteiger charge is -2.28. The summed E-state index contributed by atoms with van der Waals surface area (Å²) in [6.45, 7) is 3.88. The van der Waals surface area contributed by atoms with Crippen molar-refractivity contribution in [2.45, 2.75) is 44.4 Å². The number of esters is 1. The van der Waals surface area contributed by atoms with Gasteiger partial charge in [-0.1, -0.05) is 0 Å². The Balaban J connectivity index is 4.66. The molecule has 0 aromatic rings. The Bertz CT molecular complexity index is 254. The molecule has 2 unspecified atom stereocenters. The normalized spacial score (nSPS) is 16.8. The van der Waals surface area contributed by atoms with E-state index in [0.717, 1.165) is 0 Å². The second-order valence-electron chi connectivity index (χ2n) is 4.44. The number of hydrogen-bond donors (Lipinski definition) is 3. The third kappa shape index (κ3) is 3.99. The first kappa shape index (κ1) is 15.2. The average Bonchev–Trinajstić information content (AvgIpc) is 2.12. The predicted molar refractivity (Wildman–Crippen MR) is 53.8 cm³/mol. The van der Waals surface area contributed by atoms with Crippen molar-refractivity contribution in [3.8, 4) is 0 Å². The summed E-state index contributed by atoms with van der Waals surface area (Å²) in [5.41, 5.74) is 9.01. The predicted octanol–water partition coefficient (Wildman–Crippen LogP) is -0.390. The highest BCUT2D eigenvalue weighted by molar-refractivity contribution is 5.77. The molecule has 16 heavy (non-hydrogen) atoms. The summed E-state index contributed by atoms with van der Waals surface area (Å²) < 4.78 is 31.2. The molecule has 5 nitrogen and oxygen atoms in total. The molecule has 0 aliphatic carbocycles. The molecular formula is C9H18F2N2O3. The van der Waals surface area contributed by atoms with Crippen LogP contribution in [0.3, 0.4) is 0 Å². The number of aliphatic hydroxyl groups excluding tert-OH is 1. The molecule has 0 saturated carbocycles. The smallest absolute Gasteiger partial charge is 0.329 e. The Morgan fingerprint density at radius 2 is 1.88 bits per heavy atom. The fourth-order valence-electron chi connectivity index (χ4n) is 0.887. The number of hydrogen-bond acceptors (Lipinski definition) is 5. The number of alkyl halides is 2. The van der Waals surface area contributed by atoms with E-state index in [4.69, 9.17) is 16.6 Å². The van der Waals surface area contributed by atoms with E-state index in [1.807, 2.05) is 0 Å². The molecule has 0 spiro atoms. The minimum absolute atomic E-state index is 0.691. The number of nitrogens with two attached hydrogens (primary N) is 2. The van der Waals surface area contributed by atoms with Crippen molar-refractivity contribution in [1.82, 2.24) is 0 Å². The topological polar surface area (TPSA) is 98.6 Å². The lowest BCUT2D eigenvalue weighted by Crippen LogP contribution is -2.57. The van der Waals surface area contributed by atoms with Crippen LogP contribution in [0.5, 0.6) is 0 Å². The molecule has 0 aromatic heterocycles. The number of ether oxygens (including phenoxy) is 1. The van der Waals surface area contributed by atoms with Crippen molar-refractivity contribution < 1.29 is 23.4 Å².